The summed E-state index contributed by atoms with van der Waals surface area (Å²) in [4.78, 5) is 49.3. The molecule has 3 rings (SSSR count). The largest absolute Gasteiger partial charge is 0.352 e. The fraction of sp³-hybridized carbons (Fsp3) is 0.280. The average molecular weight is 449 g/mol. The van der Waals surface area contributed by atoms with E-state index in [1.54, 1.807) is 24.3 Å². The summed E-state index contributed by atoms with van der Waals surface area (Å²) in [6.07, 6.45) is 3.37. The van der Waals surface area contributed by atoms with E-state index in [1.807, 2.05) is 30.3 Å². The second kappa shape index (κ2) is 11.6. The van der Waals surface area contributed by atoms with E-state index >= 15 is 0 Å². The van der Waals surface area contributed by atoms with Gasteiger partial charge in [-0.25, -0.2) is 4.79 Å². The summed E-state index contributed by atoms with van der Waals surface area (Å²) in [6, 6.07) is 17.6. The van der Waals surface area contributed by atoms with E-state index in [1.165, 1.54) is 16.8 Å². The number of aromatic nitrogens is 2. The highest BCUT2D eigenvalue weighted by Crippen LogP contribution is 2.05. The Balaban J connectivity index is 1.58. The van der Waals surface area contributed by atoms with Gasteiger partial charge in [0.15, 0.2) is 0 Å². The number of amides is 2. The molecule has 2 aromatic carbocycles. The number of rotatable bonds is 10. The molecule has 0 saturated heterocycles. The molecule has 0 radical (unpaired) electrons. The fourth-order valence-corrected chi connectivity index (χ4v) is 3.26. The summed E-state index contributed by atoms with van der Waals surface area (Å²) >= 11 is 0. The summed E-state index contributed by atoms with van der Waals surface area (Å²) in [5, 5.41) is 5.57. The van der Waals surface area contributed by atoms with Gasteiger partial charge in [0.2, 0.25) is 5.91 Å². The first-order valence-corrected chi connectivity index (χ1v) is 11.0. The SMILES string of the molecule is CCCCNC(=O)c1ccc(CNC(=O)Cn2c(=O)ccn(Cc3ccccc3)c2=O)cc1. The number of hydrogen-bond donors (Lipinski definition) is 2. The number of benzene rings is 2. The van der Waals surface area contributed by atoms with Crippen molar-refractivity contribution in [2.45, 2.75) is 39.4 Å². The quantitative estimate of drug-likeness (QED) is 0.463. The predicted molar refractivity (Wildman–Crippen MR) is 126 cm³/mol. The van der Waals surface area contributed by atoms with E-state index in [-0.39, 0.29) is 19.0 Å². The molecule has 1 heterocycles. The molecule has 8 heteroatoms. The van der Waals surface area contributed by atoms with Gasteiger partial charge in [0.05, 0.1) is 6.54 Å². The van der Waals surface area contributed by atoms with Crippen LogP contribution in [0.15, 0.2) is 76.4 Å². The molecular weight excluding hydrogens is 420 g/mol. The smallest absolute Gasteiger partial charge is 0.331 e. The van der Waals surface area contributed by atoms with Crippen LogP contribution in [0.25, 0.3) is 0 Å². The van der Waals surface area contributed by atoms with Gasteiger partial charge in [-0.05, 0) is 29.7 Å². The molecule has 0 bridgehead atoms. The molecule has 8 nitrogen and oxygen atoms in total. The van der Waals surface area contributed by atoms with Crippen LogP contribution in [-0.4, -0.2) is 27.5 Å². The molecule has 2 amide bonds. The molecule has 33 heavy (non-hydrogen) atoms. The molecule has 2 N–H and O–H groups in total. The van der Waals surface area contributed by atoms with Crippen LogP contribution in [0.2, 0.25) is 0 Å². The normalized spacial score (nSPS) is 10.6. The number of unbranched alkanes of at least 4 members (excludes halogenated alkanes) is 1. The van der Waals surface area contributed by atoms with Crippen molar-refractivity contribution in [3.8, 4) is 0 Å². The lowest BCUT2D eigenvalue weighted by Crippen LogP contribution is -2.43. The van der Waals surface area contributed by atoms with Gasteiger partial charge >= 0.3 is 5.69 Å². The molecule has 172 valence electrons. The lowest BCUT2D eigenvalue weighted by atomic mass is 10.1. The highest BCUT2D eigenvalue weighted by molar-refractivity contribution is 5.94. The van der Waals surface area contributed by atoms with Crippen LogP contribution in [-0.2, 0) is 24.4 Å². The molecule has 0 aliphatic rings. The van der Waals surface area contributed by atoms with Crippen molar-refractivity contribution < 1.29 is 9.59 Å². The molecular formula is C25H28N4O4. The maximum absolute atomic E-state index is 12.7. The molecule has 3 aromatic rings. The monoisotopic (exact) mass is 448 g/mol. The topological polar surface area (TPSA) is 102 Å². The third kappa shape index (κ3) is 6.77. The van der Waals surface area contributed by atoms with E-state index in [4.69, 9.17) is 0 Å². The third-order valence-electron chi connectivity index (χ3n) is 5.16. The van der Waals surface area contributed by atoms with Crippen LogP contribution >= 0.6 is 0 Å². The van der Waals surface area contributed by atoms with Crippen molar-refractivity contribution in [3.63, 3.8) is 0 Å². The first kappa shape index (κ1) is 23.7. The van der Waals surface area contributed by atoms with Gasteiger partial charge in [0, 0.05) is 30.9 Å². The van der Waals surface area contributed by atoms with E-state index in [9.17, 15) is 19.2 Å². The number of carbonyl (C=O) groups excluding carboxylic acids is 2. The van der Waals surface area contributed by atoms with Crippen molar-refractivity contribution in [2.75, 3.05) is 6.54 Å². The van der Waals surface area contributed by atoms with Crippen LogP contribution in [0.4, 0.5) is 0 Å². The fourth-order valence-electron chi connectivity index (χ4n) is 3.26. The lowest BCUT2D eigenvalue weighted by Gasteiger charge is -2.11. The molecule has 0 atom stereocenters. The Kier molecular flexibility index (Phi) is 8.35. The van der Waals surface area contributed by atoms with E-state index < -0.39 is 17.2 Å². The summed E-state index contributed by atoms with van der Waals surface area (Å²) in [5.74, 6) is -0.581. The van der Waals surface area contributed by atoms with Gasteiger partial charge in [-0.1, -0.05) is 55.8 Å². The standard InChI is InChI=1S/C25H28N4O4/c1-2-3-14-26-24(32)21-11-9-19(10-12-21)16-27-22(30)18-29-23(31)13-15-28(25(29)33)17-20-7-5-4-6-8-20/h4-13,15H,2-3,14,16-18H2,1H3,(H,26,32)(H,27,30). The Morgan fingerprint density at radius 2 is 1.61 bits per heavy atom. The second-order valence-corrected chi connectivity index (χ2v) is 7.72. The molecule has 1 aromatic heterocycles. The van der Waals surface area contributed by atoms with E-state index in [2.05, 4.69) is 17.6 Å². The Morgan fingerprint density at radius 1 is 0.879 bits per heavy atom. The molecule has 0 spiro atoms. The highest BCUT2D eigenvalue weighted by atomic mass is 16.2. The number of nitrogens with zero attached hydrogens (tertiary/aromatic N) is 2. The minimum absolute atomic E-state index is 0.130. The minimum Gasteiger partial charge on any atom is -0.352 e. The first-order valence-electron chi connectivity index (χ1n) is 11.0. The van der Waals surface area contributed by atoms with E-state index in [0.717, 1.165) is 28.5 Å². The zero-order valence-electron chi connectivity index (χ0n) is 18.6. The lowest BCUT2D eigenvalue weighted by molar-refractivity contribution is -0.121. The number of carbonyl (C=O) groups is 2. The van der Waals surface area contributed by atoms with Gasteiger partial charge < -0.3 is 10.6 Å². The Bertz CT molecular complexity index is 1200. The zero-order valence-corrected chi connectivity index (χ0v) is 18.6. The van der Waals surface area contributed by atoms with Crippen molar-refractivity contribution in [1.29, 1.82) is 0 Å². The van der Waals surface area contributed by atoms with Gasteiger partial charge in [-0.15, -0.1) is 0 Å². The van der Waals surface area contributed by atoms with Crippen LogP contribution in [0.1, 0.15) is 41.3 Å². The Morgan fingerprint density at radius 3 is 2.30 bits per heavy atom. The van der Waals surface area contributed by atoms with Crippen LogP contribution in [0.3, 0.4) is 0 Å². The van der Waals surface area contributed by atoms with Crippen molar-refractivity contribution >= 4 is 11.8 Å². The summed E-state index contributed by atoms with van der Waals surface area (Å²) in [5.41, 5.74) is 1.20. The van der Waals surface area contributed by atoms with Crippen molar-refractivity contribution in [1.82, 2.24) is 19.8 Å². The molecule has 0 saturated carbocycles. The third-order valence-corrected chi connectivity index (χ3v) is 5.16. The van der Waals surface area contributed by atoms with Gasteiger partial charge in [0.25, 0.3) is 11.5 Å². The van der Waals surface area contributed by atoms with Gasteiger partial charge in [0.1, 0.15) is 6.54 Å². The second-order valence-electron chi connectivity index (χ2n) is 7.72. The van der Waals surface area contributed by atoms with Crippen molar-refractivity contribution in [2.24, 2.45) is 0 Å². The maximum atomic E-state index is 12.7. The minimum atomic E-state index is -0.542. The van der Waals surface area contributed by atoms with Crippen molar-refractivity contribution in [3.05, 3.63) is 104 Å². The molecule has 0 unspecified atom stereocenters. The first-order chi connectivity index (χ1) is 16.0. The Labute approximate surface area is 191 Å². The predicted octanol–water partition coefficient (Wildman–Crippen LogP) is 1.90. The zero-order chi connectivity index (χ0) is 23.6. The highest BCUT2D eigenvalue weighted by Gasteiger charge is 2.11. The summed E-state index contributed by atoms with van der Waals surface area (Å²) < 4.78 is 2.32. The molecule has 0 aliphatic heterocycles. The Hall–Kier alpha value is -3.94. The molecule has 0 aliphatic carbocycles. The van der Waals surface area contributed by atoms with Crippen LogP contribution in [0.5, 0.6) is 0 Å². The maximum Gasteiger partial charge on any atom is 0.331 e. The summed E-state index contributed by atoms with van der Waals surface area (Å²) in [6.45, 7) is 2.85. The summed E-state index contributed by atoms with van der Waals surface area (Å²) in [7, 11) is 0. The van der Waals surface area contributed by atoms with E-state index in [0.29, 0.717) is 18.7 Å². The van der Waals surface area contributed by atoms with Crippen LogP contribution < -0.4 is 21.9 Å². The van der Waals surface area contributed by atoms with Gasteiger partial charge in [-0.3, -0.25) is 23.5 Å². The molecule has 0 fully saturated rings. The average Bonchev–Trinajstić information content (AvgIpc) is 2.83. The van der Waals surface area contributed by atoms with Crippen LogP contribution in [0, 0.1) is 0 Å². The number of nitrogens with one attached hydrogen (secondary N) is 2. The van der Waals surface area contributed by atoms with Gasteiger partial charge in [-0.2, -0.15) is 0 Å². The number of hydrogen-bond acceptors (Lipinski definition) is 4.